The molecule has 0 rings (SSSR count). The van der Waals surface area contributed by atoms with Gasteiger partial charge in [0.2, 0.25) is 0 Å². The van der Waals surface area contributed by atoms with E-state index in [0.717, 1.165) is 6.42 Å². The van der Waals surface area contributed by atoms with Crippen molar-refractivity contribution in [2.75, 3.05) is 12.5 Å². The van der Waals surface area contributed by atoms with E-state index in [-0.39, 0.29) is 12.7 Å². The second-order valence-corrected chi connectivity index (χ2v) is 2.50. The highest BCUT2D eigenvalue weighted by Gasteiger charge is 2.07. The van der Waals surface area contributed by atoms with Gasteiger partial charge in [0.1, 0.15) is 12.7 Å². The van der Waals surface area contributed by atoms with Crippen LogP contribution < -0.4 is 0 Å². The molecule has 0 aliphatic rings. The van der Waals surface area contributed by atoms with E-state index in [1.807, 2.05) is 13.8 Å². The SMILES string of the molecule is CCC(C)OC(=O)OCCCl. The van der Waals surface area contributed by atoms with Gasteiger partial charge < -0.3 is 9.47 Å². The highest BCUT2D eigenvalue weighted by Crippen LogP contribution is 1.98. The molecule has 0 spiro atoms. The number of hydrogen-bond donors (Lipinski definition) is 0. The molecule has 0 aliphatic heterocycles. The molecule has 0 aliphatic carbocycles. The zero-order valence-corrected chi connectivity index (χ0v) is 7.56. The van der Waals surface area contributed by atoms with Gasteiger partial charge in [-0.1, -0.05) is 6.92 Å². The van der Waals surface area contributed by atoms with Crippen LogP contribution in [0.15, 0.2) is 0 Å². The molecule has 11 heavy (non-hydrogen) atoms. The van der Waals surface area contributed by atoms with E-state index in [1.165, 1.54) is 0 Å². The van der Waals surface area contributed by atoms with Gasteiger partial charge in [-0.05, 0) is 13.3 Å². The van der Waals surface area contributed by atoms with E-state index in [2.05, 4.69) is 4.74 Å². The van der Waals surface area contributed by atoms with E-state index in [0.29, 0.717) is 5.88 Å². The molecule has 0 aromatic heterocycles. The number of ether oxygens (including phenoxy) is 2. The maximum Gasteiger partial charge on any atom is 0.508 e. The first-order chi connectivity index (χ1) is 5.20. The lowest BCUT2D eigenvalue weighted by atomic mass is 10.3. The Morgan fingerprint density at radius 1 is 1.64 bits per heavy atom. The van der Waals surface area contributed by atoms with Crippen molar-refractivity contribution in [1.82, 2.24) is 0 Å². The van der Waals surface area contributed by atoms with E-state index in [4.69, 9.17) is 16.3 Å². The van der Waals surface area contributed by atoms with Crippen LogP contribution in [0.4, 0.5) is 4.79 Å². The van der Waals surface area contributed by atoms with Gasteiger partial charge in [0.05, 0.1) is 5.88 Å². The van der Waals surface area contributed by atoms with Crippen LogP contribution in [0.5, 0.6) is 0 Å². The smallest absolute Gasteiger partial charge is 0.433 e. The molecule has 0 fully saturated rings. The Kier molecular flexibility index (Phi) is 6.03. The van der Waals surface area contributed by atoms with Crippen LogP contribution in [0.1, 0.15) is 20.3 Å². The summed E-state index contributed by atoms with van der Waals surface area (Å²) < 4.78 is 9.35. The highest BCUT2D eigenvalue weighted by molar-refractivity contribution is 6.18. The number of hydrogen-bond acceptors (Lipinski definition) is 3. The molecule has 1 atom stereocenters. The van der Waals surface area contributed by atoms with Gasteiger partial charge in [0, 0.05) is 0 Å². The molecular weight excluding hydrogens is 168 g/mol. The lowest BCUT2D eigenvalue weighted by molar-refractivity contribution is 0.0316. The topological polar surface area (TPSA) is 35.5 Å². The standard InChI is InChI=1S/C7H13ClO3/c1-3-6(2)11-7(9)10-5-4-8/h6H,3-5H2,1-2H3. The van der Waals surface area contributed by atoms with Crippen LogP contribution in [-0.2, 0) is 9.47 Å². The number of carbonyl (C=O) groups is 1. The fourth-order valence-electron chi connectivity index (χ4n) is 0.404. The molecule has 0 bridgehead atoms. The van der Waals surface area contributed by atoms with Crippen LogP contribution in [0.2, 0.25) is 0 Å². The molecule has 4 heteroatoms. The monoisotopic (exact) mass is 180 g/mol. The Bertz CT molecular complexity index is 116. The number of carbonyl (C=O) groups excluding carboxylic acids is 1. The number of halogens is 1. The van der Waals surface area contributed by atoms with E-state index >= 15 is 0 Å². The van der Waals surface area contributed by atoms with Crippen molar-refractivity contribution >= 4 is 17.8 Å². The van der Waals surface area contributed by atoms with E-state index in [1.54, 1.807) is 0 Å². The lowest BCUT2D eigenvalue weighted by Gasteiger charge is -2.09. The van der Waals surface area contributed by atoms with Crippen molar-refractivity contribution < 1.29 is 14.3 Å². The summed E-state index contributed by atoms with van der Waals surface area (Å²) in [6, 6.07) is 0. The normalized spacial score (nSPS) is 12.3. The Morgan fingerprint density at radius 2 is 2.27 bits per heavy atom. The predicted octanol–water partition coefficient (Wildman–Crippen LogP) is 2.18. The maximum absolute atomic E-state index is 10.7. The van der Waals surface area contributed by atoms with Gasteiger partial charge in [-0.2, -0.15) is 0 Å². The first kappa shape index (κ1) is 10.6. The number of alkyl halides is 1. The van der Waals surface area contributed by atoms with Gasteiger partial charge in [-0.25, -0.2) is 4.79 Å². The molecular formula is C7H13ClO3. The third kappa shape index (κ3) is 5.98. The summed E-state index contributed by atoms with van der Waals surface area (Å²) in [5, 5.41) is 0. The van der Waals surface area contributed by atoms with Crippen LogP contribution in [0.25, 0.3) is 0 Å². The summed E-state index contributed by atoms with van der Waals surface area (Å²) in [5.74, 6) is 0.301. The zero-order valence-electron chi connectivity index (χ0n) is 6.80. The molecule has 0 amide bonds. The van der Waals surface area contributed by atoms with Crippen molar-refractivity contribution in [3.8, 4) is 0 Å². The predicted molar refractivity (Wildman–Crippen MR) is 42.9 cm³/mol. The average Bonchev–Trinajstić information content (AvgIpc) is 2.00. The third-order valence-electron chi connectivity index (χ3n) is 1.17. The lowest BCUT2D eigenvalue weighted by Crippen LogP contribution is -2.15. The quantitative estimate of drug-likeness (QED) is 0.492. The second kappa shape index (κ2) is 6.28. The van der Waals surface area contributed by atoms with Gasteiger partial charge in [0.15, 0.2) is 0 Å². The zero-order chi connectivity index (χ0) is 8.69. The van der Waals surface area contributed by atoms with Crippen LogP contribution in [0, 0.1) is 0 Å². The largest absolute Gasteiger partial charge is 0.508 e. The molecule has 0 aromatic carbocycles. The fraction of sp³-hybridized carbons (Fsp3) is 0.857. The minimum absolute atomic E-state index is 0.0853. The maximum atomic E-state index is 10.7. The van der Waals surface area contributed by atoms with E-state index in [9.17, 15) is 4.79 Å². The minimum atomic E-state index is -0.639. The summed E-state index contributed by atoms with van der Waals surface area (Å²) >= 11 is 5.28. The van der Waals surface area contributed by atoms with Gasteiger partial charge in [-0.3, -0.25) is 0 Å². The van der Waals surface area contributed by atoms with Crippen LogP contribution in [0.3, 0.4) is 0 Å². The summed E-state index contributed by atoms with van der Waals surface area (Å²) in [7, 11) is 0. The van der Waals surface area contributed by atoms with Crippen molar-refractivity contribution in [2.45, 2.75) is 26.4 Å². The minimum Gasteiger partial charge on any atom is -0.433 e. The van der Waals surface area contributed by atoms with Crippen LogP contribution >= 0.6 is 11.6 Å². The molecule has 0 aromatic rings. The Balaban J connectivity index is 3.36. The Hall–Kier alpha value is -0.440. The molecule has 0 heterocycles. The van der Waals surface area contributed by atoms with Crippen molar-refractivity contribution in [1.29, 1.82) is 0 Å². The van der Waals surface area contributed by atoms with Gasteiger partial charge >= 0.3 is 6.16 Å². The van der Waals surface area contributed by atoms with Gasteiger partial charge in [-0.15, -0.1) is 11.6 Å². The molecule has 3 nitrogen and oxygen atoms in total. The van der Waals surface area contributed by atoms with Gasteiger partial charge in [0.25, 0.3) is 0 Å². The Labute approximate surface area is 71.6 Å². The molecule has 66 valence electrons. The first-order valence-electron chi connectivity index (χ1n) is 3.60. The molecule has 0 saturated heterocycles. The van der Waals surface area contributed by atoms with Crippen LogP contribution in [-0.4, -0.2) is 24.7 Å². The summed E-state index contributed by atoms with van der Waals surface area (Å²) in [5.41, 5.74) is 0. The Morgan fingerprint density at radius 3 is 2.73 bits per heavy atom. The average molecular weight is 181 g/mol. The van der Waals surface area contributed by atoms with Crippen molar-refractivity contribution in [2.24, 2.45) is 0 Å². The summed E-state index contributed by atoms with van der Waals surface area (Å²) in [6.45, 7) is 3.94. The number of rotatable bonds is 4. The van der Waals surface area contributed by atoms with Crippen molar-refractivity contribution in [3.63, 3.8) is 0 Å². The summed E-state index contributed by atoms with van der Waals surface area (Å²) in [6.07, 6.45) is 0.0634. The second-order valence-electron chi connectivity index (χ2n) is 2.12. The first-order valence-corrected chi connectivity index (χ1v) is 4.13. The molecule has 0 N–H and O–H groups in total. The third-order valence-corrected chi connectivity index (χ3v) is 1.32. The molecule has 1 unspecified atom stereocenters. The van der Waals surface area contributed by atoms with Crippen molar-refractivity contribution in [3.05, 3.63) is 0 Å². The molecule has 0 saturated carbocycles. The molecule has 0 radical (unpaired) electrons. The highest BCUT2D eigenvalue weighted by atomic mass is 35.5. The summed E-state index contributed by atoms with van der Waals surface area (Å²) in [4.78, 5) is 10.7. The fourth-order valence-corrected chi connectivity index (χ4v) is 0.481. The van der Waals surface area contributed by atoms with E-state index < -0.39 is 6.16 Å².